The van der Waals surface area contributed by atoms with Gasteiger partial charge in [0.2, 0.25) is 7.42 Å². The van der Waals surface area contributed by atoms with Gasteiger partial charge in [0.1, 0.15) is 0 Å². The summed E-state index contributed by atoms with van der Waals surface area (Å²) in [4.78, 5) is 0. The number of hydrogen-bond acceptors (Lipinski definition) is 0. The molecule has 0 atom stereocenters. The first kappa shape index (κ1) is 7.01. The van der Waals surface area contributed by atoms with Crippen LogP contribution >= 0.6 is 22.2 Å². The second kappa shape index (κ2) is 4.18. The highest BCUT2D eigenvalue weighted by Crippen LogP contribution is 1.99. The monoisotopic (exact) mass is 158 g/mol. The summed E-state index contributed by atoms with van der Waals surface area (Å²) in [5.74, 6) is 0. The predicted molar refractivity (Wildman–Crippen MR) is 38.1 cm³/mol. The summed E-state index contributed by atoms with van der Waals surface area (Å²) < 4.78 is 0. The molecular formula is C2H8Cl2Si2. The summed E-state index contributed by atoms with van der Waals surface area (Å²) in [6, 6.07) is 0. The van der Waals surface area contributed by atoms with Crippen LogP contribution in [-0.4, -0.2) is 16.9 Å². The third-order valence-electron chi connectivity index (χ3n) is 0.507. The summed E-state index contributed by atoms with van der Waals surface area (Å²) in [5, 5.41) is 0. The van der Waals surface area contributed by atoms with E-state index >= 15 is 0 Å². The standard InChI is InChI=1S/C2H8Cl2Si2/c1-5-2-6(3)4/h6H,2,5H2,1H3. The summed E-state index contributed by atoms with van der Waals surface area (Å²) in [7, 11) is -1.000. The Balaban J connectivity index is 2.63. The third-order valence-corrected chi connectivity index (χ3v) is 8.49. The topological polar surface area (TPSA) is 0 Å². The number of hydrogen-bond donors (Lipinski definition) is 0. The Hall–Kier alpha value is 1.01. The lowest BCUT2D eigenvalue weighted by molar-refractivity contribution is 1.97. The molecule has 0 aromatic rings. The largest absolute Gasteiger partial charge is 0.234 e. The molecule has 38 valence electrons. The molecule has 0 spiro atoms. The van der Waals surface area contributed by atoms with E-state index in [9.17, 15) is 0 Å². The van der Waals surface area contributed by atoms with Crippen molar-refractivity contribution in [2.24, 2.45) is 0 Å². The molecule has 0 aromatic heterocycles. The van der Waals surface area contributed by atoms with E-state index < -0.39 is 7.42 Å². The zero-order valence-electron chi connectivity index (χ0n) is 3.75. The zero-order chi connectivity index (χ0) is 4.99. The smallest absolute Gasteiger partial charge is 0.151 e. The van der Waals surface area contributed by atoms with E-state index in [0.29, 0.717) is 0 Å². The van der Waals surface area contributed by atoms with Gasteiger partial charge in [-0.2, -0.15) is 22.2 Å². The lowest BCUT2D eigenvalue weighted by Crippen LogP contribution is -1.94. The fourth-order valence-corrected chi connectivity index (χ4v) is 5.89. The van der Waals surface area contributed by atoms with E-state index in [2.05, 4.69) is 6.55 Å². The summed E-state index contributed by atoms with van der Waals surface area (Å²) in [6.45, 7) is 2.23. The second-order valence-electron chi connectivity index (χ2n) is 1.18. The first-order chi connectivity index (χ1) is 2.77. The van der Waals surface area contributed by atoms with Crippen LogP contribution in [0.2, 0.25) is 12.2 Å². The molecule has 0 saturated carbocycles. The highest BCUT2D eigenvalue weighted by Gasteiger charge is 1.95. The maximum absolute atomic E-state index is 5.52. The molecule has 6 heavy (non-hydrogen) atoms. The van der Waals surface area contributed by atoms with Gasteiger partial charge in [0, 0.05) is 9.52 Å². The third kappa shape index (κ3) is 5.01. The van der Waals surface area contributed by atoms with Crippen molar-refractivity contribution in [1.82, 2.24) is 0 Å². The van der Waals surface area contributed by atoms with Gasteiger partial charge in [-0.15, -0.1) is 0 Å². The van der Waals surface area contributed by atoms with Crippen molar-refractivity contribution < 1.29 is 0 Å². The molecule has 0 nitrogen and oxygen atoms in total. The van der Waals surface area contributed by atoms with Crippen molar-refractivity contribution in [3.63, 3.8) is 0 Å². The van der Waals surface area contributed by atoms with Crippen molar-refractivity contribution in [3.8, 4) is 0 Å². The van der Waals surface area contributed by atoms with Crippen molar-refractivity contribution in [2.75, 3.05) is 0 Å². The summed E-state index contributed by atoms with van der Waals surface area (Å²) >= 11 is 11.0. The minimum atomic E-state index is -1.16. The molecule has 0 aliphatic carbocycles. The van der Waals surface area contributed by atoms with Crippen LogP contribution in [0.4, 0.5) is 0 Å². The van der Waals surface area contributed by atoms with Crippen LogP contribution in [0.5, 0.6) is 0 Å². The molecule has 0 saturated heterocycles. The Kier molecular flexibility index (Phi) is 4.89. The molecule has 0 fully saturated rings. The Morgan fingerprint density at radius 2 is 2.17 bits per heavy atom. The second-order valence-corrected chi connectivity index (χ2v) is 9.10. The van der Waals surface area contributed by atoms with E-state index in [-0.39, 0.29) is 9.52 Å². The average molecular weight is 159 g/mol. The molecule has 0 bridgehead atoms. The average Bonchev–Trinajstić information content (AvgIpc) is 1.35. The van der Waals surface area contributed by atoms with E-state index in [1.54, 1.807) is 0 Å². The van der Waals surface area contributed by atoms with Crippen LogP contribution in [0.15, 0.2) is 0 Å². The maximum Gasteiger partial charge on any atom is 0.234 e. The predicted octanol–water partition coefficient (Wildman–Crippen LogP) is 0.859. The first-order valence-corrected chi connectivity index (χ1v) is 8.77. The molecule has 4 heteroatoms. The van der Waals surface area contributed by atoms with E-state index in [4.69, 9.17) is 22.2 Å². The first-order valence-electron chi connectivity index (χ1n) is 2.05. The molecule has 0 radical (unpaired) electrons. The van der Waals surface area contributed by atoms with Crippen molar-refractivity contribution in [2.45, 2.75) is 12.2 Å². The van der Waals surface area contributed by atoms with Crippen LogP contribution in [-0.2, 0) is 0 Å². The van der Waals surface area contributed by atoms with Crippen molar-refractivity contribution in [1.29, 1.82) is 0 Å². The fourth-order valence-electron chi connectivity index (χ4n) is 0.218. The molecule has 0 N–H and O–H groups in total. The zero-order valence-corrected chi connectivity index (χ0v) is 7.83. The molecule has 0 heterocycles. The number of halogens is 2. The maximum atomic E-state index is 5.52. The molecule has 0 aliphatic rings. The Bertz CT molecular complexity index is 30.7. The normalized spacial score (nSPS) is 12.0. The SMILES string of the molecule is C[SiH2]C[SiH](Cl)Cl. The lowest BCUT2D eigenvalue weighted by atomic mass is 11.9. The Labute approximate surface area is 51.7 Å². The van der Waals surface area contributed by atoms with Gasteiger partial charge < -0.3 is 0 Å². The summed E-state index contributed by atoms with van der Waals surface area (Å²) in [6.07, 6.45) is 0. The van der Waals surface area contributed by atoms with Gasteiger partial charge in [-0.25, -0.2) is 0 Å². The van der Waals surface area contributed by atoms with Crippen LogP contribution in [0.25, 0.3) is 0 Å². The van der Waals surface area contributed by atoms with Crippen LogP contribution in [0, 0.1) is 0 Å². The molecule has 0 aliphatic heterocycles. The molecule has 0 rings (SSSR count). The van der Waals surface area contributed by atoms with Crippen LogP contribution in [0.1, 0.15) is 0 Å². The van der Waals surface area contributed by atoms with Crippen molar-refractivity contribution >= 4 is 39.1 Å². The Morgan fingerprint density at radius 1 is 1.67 bits per heavy atom. The van der Waals surface area contributed by atoms with Gasteiger partial charge in [0.15, 0.2) is 0 Å². The van der Waals surface area contributed by atoms with E-state index in [1.165, 1.54) is 5.67 Å². The minimum Gasteiger partial charge on any atom is -0.151 e. The Morgan fingerprint density at radius 3 is 2.17 bits per heavy atom. The highest BCUT2D eigenvalue weighted by atomic mass is 35.7. The van der Waals surface area contributed by atoms with Crippen molar-refractivity contribution in [3.05, 3.63) is 0 Å². The minimum absolute atomic E-state index is 0.164. The summed E-state index contributed by atoms with van der Waals surface area (Å²) in [5.41, 5.74) is 1.18. The van der Waals surface area contributed by atoms with Gasteiger partial charge >= 0.3 is 0 Å². The van der Waals surface area contributed by atoms with E-state index in [1.807, 2.05) is 0 Å². The van der Waals surface area contributed by atoms with Crippen LogP contribution < -0.4 is 0 Å². The highest BCUT2D eigenvalue weighted by molar-refractivity contribution is 7.35. The van der Waals surface area contributed by atoms with Gasteiger partial charge in [-0.1, -0.05) is 6.55 Å². The molecule has 0 amide bonds. The van der Waals surface area contributed by atoms with Gasteiger partial charge in [-0.3, -0.25) is 0 Å². The molecular weight excluding hydrogens is 151 g/mol. The lowest BCUT2D eigenvalue weighted by Gasteiger charge is -1.87. The fraction of sp³-hybridized carbons (Fsp3) is 1.00. The molecule has 0 aromatic carbocycles. The number of rotatable bonds is 2. The van der Waals surface area contributed by atoms with Crippen LogP contribution in [0.3, 0.4) is 0 Å². The van der Waals surface area contributed by atoms with Gasteiger partial charge in [0.25, 0.3) is 0 Å². The quantitative estimate of drug-likeness (QED) is 0.414. The van der Waals surface area contributed by atoms with E-state index in [0.717, 1.165) is 0 Å². The van der Waals surface area contributed by atoms with Gasteiger partial charge in [0.05, 0.1) is 0 Å². The molecule has 0 unspecified atom stereocenters. The van der Waals surface area contributed by atoms with Gasteiger partial charge in [-0.05, 0) is 5.67 Å².